The highest BCUT2D eigenvalue weighted by molar-refractivity contribution is 6.31. The zero-order valence-electron chi connectivity index (χ0n) is 14.6. The van der Waals surface area contributed by atoms with Gasteiger partial charge in [0, 0.05) is 11.2 Å². The molecule has 2 N–H and O–H groups in total. The zero-order chi connectivity index (χ0) is 19.8. The van der Waals surface area contributed by atoms with E-state index >= 15 is 0 Å². The lowest BCUT2D eigenvalue weighted by Gasteiger charge is -2.10. The molecule has 27 heavy (non-hydrogen) atoms. The molecule has 0 saturated heterocycles. The quantitative estimate of drug-likeness (QED) is 0.447. The van der Waals surface area contributed by atoms with E-state index in [0.29, 0.717) is 16.5 Å². The van der Waals surface area contributed by atoms with E-state index < -0.39 is 11.9 Å². The predicted molar refractivity (Wildman–Crippen MR) is 102 cm³/mol. The van der Waals surface area contributed by atoms with Crippen LogP contribution in [-0.2, 0) is 9.53 Å². The fraction of sp³-hybridized carbons (Fsp3) is 0.105. The second-order valence-corrected chi connectivity index (χ2v) is 5.59. The van der Waals surface area contributed by atoms with Crippen molar-refractivity contribution in [3.05, 3.63) is 64.8 Å². The van der Waals surface area contributed by atoms with E-state index in [9.17, 15) is 14.9 Å². The molecule has 8 heteroatoms. The number of carbonyl (C=O) groups is 2. The Labute approximate surface area is 161 Å². The number of carbonyl (C=O) groups excluding carboxylic acids is 2. The first kappa shape index (κ1) is 19.8. The van der Waals surface area contributed by atoms with Crippen LogP contribution >= 0.6 is 11.6 Å². The predicted octanol–water partition coefficient (Wildman–Crippen LogP) is 3.59. The minimum atomic E-state index is -0.692. The molecule has 2 rings (SSSR count). The van der Waals surface area contributed by atoms with Crippen LogP contribution in [0.15, 0.2) is 54.2 Å². The van der Waals surface area contributed by atoms with Gasteiger partial charge in [0.2, 0.25) is 0 Å². The molecule has 0 aliphatic heterocycles. The number of nitrogens with zero attached hydrogens (tertiary/aromatic N) is 1. The summed E-state index contributed by atoms with van der Waals surface area (Å²) < 4.78 is 9.87. The van der Waals surface area contributed by atoms with Gasteiger partial charge >= 0.3 is 5.97 Å². The van der Waals surface area contributed by atoms with Gasteiger partial charge in [0.25, 0.3) is 5.91 Å². The van der Waals surface area contributed by atoms with E-state index in [2.05, 4.69) is 15.4 Å². The Balaban J connectivity index is 2.23. The average Bonchev–Trinajstić information content (AvgIpc) is 2.68. The van der Waals surface area contributed by atoms with Crippen LogP contribution in [0.1, 0.15) is 10.4 Å². The number of para-hydroxylation sites is 1. The number of amides is 1. The highest BCUT2D eigenvalue weighted by Gasteiger charge is 2.16. The molecular weight excluding hydrogens is 370 g/mol. The molecule has 0 atom stereocenters. The second kappa shape index (κ2) is 9.27. The summed E-state index contributed by atoms with van der Waals surface area (Å²) in [6.45, 7) is 0. The molecule has 0 aliphatic carbocycles. The lowest BCUT2D eigenvalue weighted by Crippen LogP contribution is -2.17. The van der Waals surface area contributed by atoms with Crippen LogP contribution in [0.2, 0.25) is 5.02 Å². The van der Waals surface area contributed by atoms with Crippen molar-refractivity contribution in [1.29, 1.82) is 5.26 Å². The highest BCUT2D eigenvalue weighted by atomic mass is 35.5. The summed E-state index contributed by atoms with van der Waals surface area (Å²) in [7, 11) is 2.73. The minimum absolute atomic E-state index is 0.176. The normalized spacial score (nSPS) is 10.5. The van der Waals surface area contributed by atoms with Crippen LogP contribution in [0.5, 0.6) is 5.75 Å². The third-order valence-corrected chi connectivity index (χ3v) is 3.71. The van der Waals surface area contributed by atoms with Crippen molar-refractivity contribution < 1.29 is 19.1 Å². The molecule has 0 spiro atoms. The number of hydrogen-bond donors (Lipinski definition) is 2. The average molecular weight is 386 g/mol. The molecule has 0 bridgehead atoms. The molecule has 1 amide bonds. The van der Waals surface area contributed by atoms with Crippen LogP contribution in [0.4, 0.5) is 11.4 Å². The van der Waals surface area contributed by atoms with Crippen molar-refractivity contribution in [2.45, 2.75) is 0 Å². The summed E-state index contributed by atoms with van der Waals surface area (Å²) in [6, 6.07) is 13.0. The van der Waals surface area contributed by atoms with Gasteiger partial charge in [-0.1, -0.05) is 23.7 Å². The van der Waals surface area contributed by atoms with E-state index in [-0.39, 0.29) is 16.8 Å². The molecule has 2 aromatic carbocycles. The summed E-state index contributed by atoms with van der Waals surface area (Å²) in [5.41, 5.74) is 0.683. The molecule has 138 valence electrons. The van der Waals surface area contributed by atoms with Gasteiger partial charge in [0.15, 0.2) is 0 Å². The number of esters is 1. The first-order chi connectivity index (χ1) is 13.0. The Morgan fingerprint density at radius 1 is 1.15 bits per heavy atom. The number of rotatable bonds is 6. The van der Waals surface area contributed by atoms with Gasteiger partial charge in [-0.3, -0.25) is 4.79 Å². The van der Waals surface area contributed by atoms with Crippen molar-refractivity contribution in [3.8, 4) is 11.8 Å². The molecule has 0 unspecified atom stereocenters. The van der Waals surface area contributed by atoms with E-state index in [0.717, 1.165) is 0 Å². The van der Waals surface area contributed by atoms with Gasteiger partial charge in [0.05, 0.1) is 31.2 Å². The molecular formula is C19H16ClN3O4. The standard InChI is InChI=1S/C19H16ClN3O4/c1-26-17-8-7-13(20)9-16(17)22-11-12(10-21)18(24)23-15-6-4-3-5-14(15)19(25)27-2/h3-9,11,22H,1-2H3,(H,23,24)/b12-11-. The fourth-order valence-corrected chi connectivity index (χ4v) is 2.33. The number of methoxy groups -OCH3 is 2. The van der Waals surface area contributed by atoms with Crippen LogP contribution in [0, 0.1) is 11.3 Å². The number of halogens is 1. The summed E-state index contributed by atoms with van der Waals surface area (Å²) in [5.74, 6) is -0.804. The van der Waals surface area contributed by atoms with E-state index in [1.54, 1.807) is 36.4 Å². The molecule has 7 nitrogen and oxygen atoms in total. The Morgan fingerprint density at radius 3 is 2.56 bits per heavy atom. The van der Waals surface area contributed by atoms with Gasteiger partial charge in [-0.05, 0) is 30.3 Å². The monoisotopic (exact) mass is 385 g/mol. The lowest BCUT2D eigenvalue weighted by molar-refractivity contribution is -0.112. The SMILES string of the molecule is COC(=O)c1ccccc1NC(=O)/C(C#N)=C\Nc1cc(Cl)ccc1OC. The summed E-state index contributed by atoms with van der Waals surface area (Å²) in [6.07, 6.45) is 1.23. The van der Waals surface area contributed by atoms with E-state index in [1.807, 2.05) is 0 Å². The fourth-order valence-electron chi connectivity index (χ4n) is 2.16. The second-order valence-electron chi connectivity index (χ2n) is 5.15. The first-order valence-corrected chi connectivity index (χ1v) is 8.07. The summed E-state index contributed by atoms with van der Waals surface area (Å²) >= 11 is 5.95. The first-order valence-electron chi connectivity index (χ1n) is 7.69. The van der Waals surface area contributed by atoms with Crippen molar-refractivity contribution in [1.82, 2.24) is 0 Å². The van der Waals surface area contributed by atoms with Crippen molar-refractivity contribution in [2.24, 2.45) is 0 Å². The molecule has 2 aromatic rings. The maximum atomic E-state index is 12.4. The molecule has 0 radical (unpaired) electrons. The van der Waals surface area contributed by atoms with Crippen LogP contribution < -0.4 is 15.4 Å². The number of nitriles is 1. The number of ether oxygens (including phenoxy) is 2. The topological polar surface area (TPSA) is 100 Å². The maximum Gasteiger partial charge on any atom is 0.339 e. The Hall–Kier alpha value is -3.50. The van der Waals surface area contributed by atoms with Crippen LogP contribution in [-0.4, -0.2) is 26.1 Å². The van der Waals surface area contributed by atoms with Crippen LogP contribution in [0.25, 0.3) is 0 Å². The van der Waals surface area contributed by atoms with E-state index in [4.69, 9.17) is 16.3 Å². The number of nitrogens with one attached hydrogen (secondary N) is 2. The van der Waals surface area contributed by atoms with Crippen molar-refractivity contribution in [3.63, 3.8) is 0 Å². The summed E-state index contributed by atoms with van der Waals surface area (Å²) in [5, 5.41) is 15.1. The van der Waals surface area contributed by atoms with Gasteiger partial charge < -0.3 is 20.1 Å². The minimum Gasteiger partial charge on any atom is -0.495 e. The molecule has 0 saturated carbocycles. The van der Waals surface area contributed by atoms with Gasteiger partial charge in [0.1, 0.15) is 17.4 Å². The lowest BCUT2D eigenvalue weighted by atomic mass is 10.1. The Bertz CT molecular complexity index is 935. The Morgan fingerprint density at radius 2 is 1.89 bits per heavy atom. The highest BCUT2D eigenvalue weighted by Crippen LogP contribution is 2.27. The smallest absolute Gasteiger partial charge is 0.339 e. The Kier molecular flexibility index (Phi) is 6.80. The third-order valence-electron chi connectivity index (χ3n) is 3.48. The summed E-state index contributed by atoms with van der Waals surface area (Å²) in [4.78, 5) is 24.2. The van der Waals surface area contributed by atoms with Crippen molar-refractivity contribution >= 4 is 34.9 Å². The molecule has 0 heterocycles. The maximum absolute atomic E-state index is 12.4. The molecule has 0 fully saturated rings. The van der Waals surface area contributed by atoms with Gasteiger partial charge in [-0.25, -0.2) is 4.79 Å². The van der Waals surface area contributed by atoms with Gasteiger partial charge in [-0.15, -0.1) is 0 Å². The van der Waals surface area contributed by atoms with Gasteiger partial charge in [-0.2, -0.15) is 5.26 Å². The number of hydrogen-bond acceptors (Lipinski definition) is 6. The third kappa shape index (κ3) is 5.00. The number of benzene rings is 2. The number of anilines is 2. The van der Waals surface area contributed by atoms with E-state index in [1.165, 1.54) is 32.6 Å². The van der Waals surface area contributed by atoms with Crippen molar-refractivity contribution in [2.75, 3.05) is 24.9 Å². The molecule has 0 aromatic heterocycles. The van der Waals surface area contributed by atoms with Crippen LogP contribution in [0.3, 0.4) is 0 Å². The largest absolute Gasteiger partial charge is 0.495 e. The molecule has 0 aliphatic rings. The zero-order valence-corrected chi connectivity index (χ0v) is 15.3.